The van der Waals surface area contributed by atoms with E-state index < -0.39 is 23.2 Å². The van der Waals surface area contributed by atoms with E-state index >= 15 is 0 Å². The van der Waals surface area contributed by atoms with Crippen LogP contribution in [-0.4, -0.2) is 14.5 Å². The third-order valence-electron chi connectivity index (χ3n) is 3.51. The van der Waals surface area contributed by atoms with Crippen LogP contribution >= 0.6 is 0 Å². The molecule has 0 fully saturated rings. The number of ketones is 1. The molecule has 26 heavy (non-hydrogen) atoms. The maximum absolute atomic E-state index is 12.3. The van der Waals surface area contributed by atoms with Crippen LogP contribution in [0.2, 0.25) is 0 Å². The fourth-order valence-corrected chi connectivity index (χ4v) is 2.60. The highest BCUT2D eigenvalue weighted by Gasteiger charge is 2.23. The van der Waals surface area contributed by atoms with Crippen molar-refractivity contribution in [2.75, 3.05) is 0 Å². The third-order valence-corrected chi connectivity index (χ3v) is 3.86. The molecule has 2 atom stereocenters. The Kier molecular flexibility index (Phi) is 7.89. The molecule has 134 valence electrons. The molecule has 3 aromatic carbocycles. The molecule has 0 bridgehead atoms. The molecule has 0 aliphatic heterocycles. The molecule has 3 aromatic rings. The Bertz CT molecular complexity index is 820. The predicted octanol–water partition coefficient (Wildman–Crippen LogP) is 4.42. The van der Waals surface area contributed by atoms with E-state index in [-0.39, 0.29) is 0 Å². The van der Waals surface area contributed by atoms with Gasteiger partial charge in [0.25, 0.3) is 0 Å². The summed E-state index contributed by atoms with van der Waals surface area (Å²) in [5.41, 5.74) is 2.23. The van der Waals surface area contributed by atoms with Crippen molar-refractivity contribution in [1.29, 1.82) is 0 Å². The Hall–Kier alpha value is -2.60. The molecule has 0 spiro atoms. The number of carbonyl (C=O) groups excluding carboxylic acids is 1. The van der Waals surface area contributed by atoms with Gasteiger partial charge < -0.3 is 4.55 Å². The van der Waals surface area contributed by atoms with Gasteiger partial charge in [-0.1, -0.05) is 96.6 Å². The van der Waals surface area contributed by atoms with E-state index in [1.165, 1.54) is 5.56 Å². The first-order valence-corrected chi connectivity index (χ1v) is 9.00. The van der Waals surface area contributed by atoms with Crippen LogP contribution in [0.3, 0.4) is 0 Å². The maximum atomic E-state index is 12.3. The summed E-state index contributed by atoms with van der Waals surface area (Å²) >= 11 is -2.76. The number of hydrogen-bond donors (Lipinski definition) is 0. The number of hydrogen-bond acceptors (Lipinski definition) is 4. The summed E-state index contributed by atoms with van der Waals surface area (Å²) in [7, 11) is 0. The molecule has 0 saturated carbocycles. The van der Waals surface area contributed by atoms with E-state index in [2.05, 4.69) is 19.1 Å². The summed E-state index contributed by atoms with van der Waals surface area (Å²) in [6, 6.07) is 27.2. The largest absolute Gasteiger partial charge is 0.750 e. The van der Waals surface area contributed by atoms with Crippen molar-refractivity contribution in [3.8, 4) is 0 Å². The van der Waals surface area contributed by atoms with E-state index in [0.29, 0.717) is 11.1 Å². The molecule has 0 N–H and O–H groups in total. The van der Waals surface area contributed by atoms with Crippen LogP contribution in [0.5, 0.6) is 0 Å². The van der Waals surface area contributed by atoms with Crippen molar-refractivity contribution in [2.24, 2.45) is 0 Å². The normalized spacial score (nSPS) is 12.4. The maximum Gasteiger partial charge on any atom is 0.197 e. The summed E-state index contributed by atoms with van der Waals surface area (Å²) < 4.78 is 26.2. The summed E-state index contributed by atoms with van der Waals surface area (Å²) in [6.07, 6.45) is -1.15. The topological polar surface area (TPSA) is 66.4 Å². The monoisotopic (exact) mass is 367 g/mol. The second-order valence-electron chi connectivity index (χ2n) is 5.48. The van der Waals surface area contributed by atoms with Crippen molar-refractivity contribution >= 4 is 17.1 Å². The van der Waals surface area contributed by atoms with E-state index in [1.54, 1.807) is 60.7 Å². The standard InChI is InChI=1S/C14H12O4S.C7H8/c15-13(11-7-3-1-4-8-11)14(18-19(16)17)12-9-5-2-6-10-12;1-7-5-3-2-4-6-7/h1-10,14H,(H,16,17);2-6H,1H3/p-1. The second-order valence-corrected chi connectivity index (χ2v) is 6.08. The van der Waals surface area contributed by atoms with Crippen LogP contribution in [0, 0.1) is 6.92 Å². The molecule has 3 rings (SSSR count). The predicted molar refractivity (Wildman–Crippen MR) is 101 cm³/mol. The van der Waals surface area contributed by atoms with Crippen molar-refractivity contribution < 1.29 is 17.7 Å². The molecule has 0 radical (unpaired) electrons. The van der Waals surface area contributed by atoms with Gasteiger partial charge in [0.2, 0.25) is 0 Å². The molecule has 4 nitrogen and oxygen atoms in total. The van der Waals surface area contributed by atoms with Crippen LogP contribution < -0.4 is 0 Å². The Labute approximate surface area is 156 Å². The third kappa shape index (κ3) is 6.37. The fourth-order valence-electron chi connectivity index (χ4n) is 2.25. The number of aryl methyl sites for hydroxylation is 1. The fraction of sp³-hybridized carbons (Fsp3) is 0.0952. The minimum Gasteiger partial charge on any atom is -0.750 e. The number of rotatable bonds is 5. The SMILES string of the molecule is Cc1ccccc1.O=C(c1ccccc1)C(OS(=O)[O-])c1ccccc1. The van der Waals surface area contributed by atoms with E-state index in [4.69, 9.17) is 4.18 Å². The zero-order chi connectivity index (χ0) is 18.8. The summed E-state index contributed by atoms with van der Waals surface area (Å²) in [4.78, 5) is 12.3. The lowest BCUT2D eigenvalue weighted by atomic mass is 10.0. The van der Waals surface area contributed by atoms with E-state index in [1.807, 2.05) is 18.2 Å². The minimum absolute atomic E-state index is 0.393. The first-order chi connectivity index (χ1) is 12.6. The molecule has 0 saturated heterocycles. The molecule has 0 aliphatic rings. The zero-order valence-corrected chi connectivity index (χ0v) is 15.1. The van der Waals surface area contributed by atoms with Crippen LogP contribution in [-0.2, 0) is 15.5 Å². The van der Waals surface area contributed by atoms with Gasteiger partial charge in [-0.15, -0.1) is 0 Å². The first-order valence-electron chi connectivity index (χ1n) is 8.00. The van der Waals surface area contributed by atoms with Gasteiger partial charge in [-0.2, -0.15) is 0 Å². The van der Waals surface area contributed by atoms with Crippen molar-refractivity contribution in [2.45, 2.75) is 13.0 Å². The Balaban J connectivity index is 0.000000290. The quantitative estimate of drug-likeness (QED) is 0.495. The van der Waals surface area contributed by atoms with Gasteiger partial charge in [-0.05, 0) is 12.5 Å². The average Bonchev–Trinajstić information content (AvgIpc) is 2.68. The summed E-state index contributed by atoms with van der Waals surface area (Å²) in [5, 5.41) is 0. The van der Waals surface area contributed by atoms with E-state index in [0.717, 1.165) is 0 Å². The van der Waals surface area contributed by atoms with Crippen molar-refractivity contribution in [3.63, 3.8) is 0 Å². The second kappa shape index (κ2) is 10.4. The smallest absolute Gasteiger partial charge is 0.197 e. The van der Waals surface area contributed by atoms with E-state index in [9.17, 15) is 13.6 Å². The molecule has 0 aromatic heterocycles. The van der Waals surface area contributed by atoms with Gasteiger partial charge in [-0.3, -0.25) is 8.98 Å². The molecule has 0 amide bonds. The lowest BCUT2D eigenvalue weighted by molar-refractivity contribution is 0.0796. The van der Waals surface area contributed by atoms with Gasteiger partial charge in [-0.25, -0.2) is 4.21 Å². The van der Waals surface area contributed by atoms with Crippen molar-refractivity contribution in [1.82, 2.24) is 0 Å². The number of carbonyl (C=O) groups is 1. The molecule has 2 unspecified atom stereocenters. The van der Waals surface area contributed by atoms with Crippen LogP contribution in [0.4, 0.5) is 0 Å². The Morgan fingerprint density at radius 2 is 1.31 bits per heavy atom. The van der Waals surface area contributed by atoms with Gasteiger partial charge in [0.05, 0.1) is 11.4 Å². The number of Topliss-reactive ketones (excluding diaryl/α,β-unsaturated/α-hetero) is 1. The summed E-state index contributed by atoms with van der Waals surface area (Å²) in [5.74, 6) is -0.393. The van der Waals surface area contributed by atoms with Gasteiger partial charge >= 0.3 is 0 Å². The molecule has 5 heteroatoms. The van der Waals surface area contributed by atoms with Crippen LogP contribution in [0.15, 0.2) is 91.0 Å². The van der Waals surface area contributed by atoms with Gasteiger partial charge in [0, 0.05) is 5.56 Å². The molecule has 0 heterocycles. The molecular weight excluding hydrogens is 348 g/mol. The highest BCUT2D eigenvalue weighted by Crippen LogP contribution is 2.23. The number of benzene rings is 3. The Morgan fingerprint density at radius 3 is 1.73 bits per heavy atom. The lowest BCUT2D eigenvalue weighted by Crippen LogP contribution is -2.17. The lowest BCUT2D eigenvalue weighted by Gasteiger charge is -2.17. The summed E-state index contributed by atoms with van der Waals surface area (Å²) in [6.45, 7) is 2.08. The minimum atomic E-state index is -2.76. The Morgan fingerprint density at radius 1 is 0.846 bits per heavy atom. The van der Waals surface area contributed by atoms with Crippen LogP contribution in [0.1, 0.15) is 27.6 Å². The van der Waals surface area contributed by atoms with Crippen LogP contribution in [0.25, 0.3) is 0 Å². The molecular formula is C21H19O4S-. The highest BCUT2D eigenvalue weighted by atomic mass is 32.2. The van der Waals surface area contributed by atoms with Gasteiger partial charge in [0.15, 0.2) is 11.9 Å². The average molecular weight is 367 g/mol. The van der Waals surface area contributed by atoms with Gasteiger partial charge in [0.1, 0.15) is 0 Å². The molecule has 0 aliphatic carbocycles. The highest BCUT2D eigenvalue weighted by molar-refractivity contribution is 7.74. The first kappa shape index (κ1) is 19.7. The zero-order valence-electron chi connectivity index (χ0n) is 14.3. The van der Waals surface area contributed by atoms with Crippen molar-refractivity contribution in [3.05, 3.63) is 108 Å².